The first kappa shape index (κ1) is 10.2. The fourth-order valence-corrected chi connectivity index (χ4v) is 3.04. The number of furan rings is 1. The van der Waals surface area contributed by atoms with Gasteiger partial charge in [0.05, 0.1) is 5.56 Å². The predicted octanol–water partition coefficient (Wildman–Crippen LogP) is 4.69. The lowest BCUT2D eigenvalue weighted by Crippen LogP contribution is -2.30. The molecule has 0 aliphatic rings. The van der Waals surface area contributed by atoms with E-state index in [1.165, 1.54) is 0 Å². The summed E-state index contributed by atoms with van der Waals surface area (Å²) >= 11 is 0. The highest BCUT2D eigenvalue weighted by atomic mass is 16.3. The molecule has 0 saturated heterocycles. The summed E-state index contributed by atoms with van der Waals surface area (Å²) in [6, 6.07) is 15.3. The molecule has 4 rings (SSSR count). The quantitative estimate of drug-likeness (QED) is 0.465. The minimum Gasteiger partial charge on any atom is -0.455 e. The van der Waals surface area contributed by atoms with Crippen LogP contribution >= 0.6 is 0 Å². The number of pyridine rings is 1. The number of benzene rings is 2. The first-order chi connectivity index (χ1) is 11.9. The molecular weight excluding hydrogens is 270 g/mol. The SMILES string of the molecule is [2H]C([2H])([2H])c1ccc2c(c1)oc1c(-c3cccc[n+]3C)c(C)ccc12. The molecule has 0 amide bonds. The molecule has 0 aliphatic carbocycles. The molecule has 0 aliphatic heterocycles. The van der Waals surface area contributed by atoms with Crippen molar-refractivity contribution >= 4 is 21.9 Å². The van der Waals surface area contributed by atoms with Crippen LogP contribution in [-0.4, -0.2) is 0 Å². The van der Waals surface area contributed by atoms with Gasteiger partial charge in [-0.25, -0.2) is 4.57 Å². The molecule has 108 valence electrons. The highest BCUT2D eigenvalue weighted by molar-refractivity contribution is 6.09. The second-order valence-corrected chi connectivity index (χ2v) is 5.64. The molecule has 22 heavy (non-hydrogen) atoms. The van der Waals surface area contributed by atoms with E-state index in [0.29, 0.717) is 11.1 Å². The van der Waals surface area contributed by atoms with Crippen LogP contribution in [0.25, 0.3) is 33.2 Å². The highest BCUT2D eigenvalue weighted by Gasteiger charge is 2.19. The summed E-state index contributed by atoms with van der Waals surface area (Å²) in [6.45, 7) is -0.0827. The standard InChI is InChI=1S/C20H18NO/c1-13-7-9-15-16-10-8-14(2)19(20(16)22-18(15)12-13)17-6-4-5-11-21(17)3/h4-12H,1-3H3/q+1/i1D3. The molecule has 0 N–H and O–H groups in total. The molecule has 2 aromatic heterocycles. The van der Waals surface area contributed by atoms with Crippen LogP contribution < -0.4 is 4.57 Å². The van der Waals surface area contributed by atoms with Crippen molar-refractivity contribution in [2.45, 2.75) is 13.8 Å². The summed E-state index contributed by atoms with van der Waals surface area (Å²) < 4.78 is 31.0. The third kappa shape index (κ3) is 1.84. The third-order valence-corrected chi connectivity index (χ3v) is 4.16. The van der Waals surface area contributed by atoms with Gasteiger partial charge in [-0.3, -0.25) is 0 Å². The molecule has 2 heteroatoms. The third-order valence-electron chi connectivity index (χ3n) is 4.16. The zero-order valence-corrected chi connectivity index (χ0v) is 12.6. The second-order valence-electron chi connectivity index (χ2n) is 5.64. The van der Waals surface area contributed by atoms with Crippen LogP contribution in [0.2, 0.25) is 0 Å². The van der Waals surface area contributed by atoms with Gasteiger partial charge in [-0.2, -0.15) is 0 Å². The lowest BCUT2D eigenvalue weighted by Gasteiger charge is -2.04. The number of aryl methyl sites for hydroxylation is 3. The molecule has 0 spiro atoms. The Kier molecular flexibility index (Phi) is 2.17. The van der Waals surface area contributed by atoms with E-state index < -0.39 is 6.85 Å². The van der Waals surface area contributed by atoms with Crippen molar-refractivity contribution < 1.29 is 13.1 Å². The van der Waals surface area contributed by atoms with Crippen LogP contribution in [0.3, 0.4) is 0 Å². The minimum absolute atomic E-state index is 0.294. The Balaban J connectivity index is 2.07. The molecule has 0 unspecified atom stereocenters. The maximum absolute atomic E-state index is 7.61. The van der Waals surface area contributed by atoms with Gasteiger partial charge in [0.15, 0.2) is 6.20 Å². The van der Waals surface area contributed by atoms with Gasteiger partial charge < -0.3 is 4.42 Å². The monoisotopic (exact) mass is 291 g/mol. The van der Waals surface area contributed by atoms with Crippen LogP contribution in [0.1, 0.15) is 15.2 Å². The molecule has 0 atom stereocenters. The minimum atomic E-state index is -2.14. The number of fused-ring (bicyclic) bond motifs is 3. The van der Waals surface area contributed by atoms with Crippen molar-refractivity contribution in [2.75, 3.05) is 0 Å². The van der Waals surface area contributed by atoms with Gasteiger partial charge >= 0.3 is 0 Å². The summed E-state index contributed by atoms with van der Waals surface area (Å²) in [7, 11) is 2.00. The summed E-state index contributed by atoms with van der Waals surface area (Å²) in [6.07, 6.45) is 2.00. The van der Waals surface area contributed by atoms with E-state index in [-0.39, 0.29) is 0 Å². The fraction of sp³-hybridized carbons (Fsp3) is 0.150. The second kappa shape index (κ2) is 4.70. The van der Waals surface area contributed by atoms with E-state index in [4.69, 9.17) is 8.53 Å². The molecule has 2 aromatic carbocycles. The van der Waals surface area contributed by atoms with E-state index in [0.717, 1.165) is 33.2 Å². The maximum Gasteiger partial charge on any atom is 0.216 e. The summed E-state index contributed by atoms with van der Waals surface area (Å²) in [5.41, 5.74) is 4.90. The van der Waals surface area contributed by atoms with Crippen molar-refractivity contribution in [3.8, 4) is 11.3 Å². The number of aromatic nitrogens is 1. The maximum atomic E-state index is 7.61. The molecule has 0 bridgehead atoms. The zero-order valence-electron chi connectivity index (χ0n) is 15.6. The topological polar surface area (TPSA) is 17.0 Å². The smallest absolute Gasteiger partial charge is 0.216 e. The van der Waals surface area contributed by atoms with Gasteiger partial charge in [0.2, 0.25) is 5.69 Å². The van der Waals surface area contributed by atoms with Gasteiger partial charge in [-0.1, -0.05) is 24.3 Å². The lowest BCUT2D eigenvalue weighted by molar-refractivity contribution is -0.660. The van der Waals surface area contributed by atoms with Gasteiger partial charge in [0, 0.05) is 27.0 Å². The van der Waals surface area contributed by atoms with E-state index in [1.54, 1.807) is 12.1 Å². The van der Waals surface area contributed by atoms with Gasteiger partial charge in [-0.15, -0.1) is 0 Å². The Morgan fingerprint density at radius 3 is 2.73 bits per heavy atom. The number of rotatable bonds is 1. The van der Waals surface area contributed by atoms with Crippen molar-refractivity contribution in [3.63, 3.8) is 0 Å². The first-order valence-corrected chi connectivity index (χ1v) is 7.27. The molecule has 0 fully saturated rings. The molecule has 0 radical (unpaired) electrons. The van der Waals surface area contributed by atoms with Gasteiger partial charge in [0.1, 0.15) is 18.2 Å². The molecular formula is C20H18NO+. The van der Waals surface area contributed by atoms with Crippen LogP contribution in [-0.2, 0) is 7.05 Å². The first-order valence-electron chi connectivity index (χ1n) is 8.77. The van der Waals surface area contributed by atoms with E-state index >= 15 is 0 Å². The Bertz CT molecular complexity index is 1110. The number of nitrogens with zero attached hydrogens (tertiary/aromatic N) is 1. The van der Waals surface area contributed by atoms with Crippen LogP contribution in [0, 0.1) is 13.8 Å². The average molecular weight is 291 g/mol. The van der Waals surface area contributed by atoms with E-state index in [1.807, 2.05) is 37.5 Å². The number of hydrogen-bond acceptors (Lipinski definition) is 1. The van der Waals surface area contributed by atoms with Crippen molar-refractivity contribution in [1.82, 2.24) is 0 Å². The predicted molar refractivity (Wildman–Crippen MR) is 89.8 cm³/mol. The van der Waals surface area contributed by atoms with Crippen LogP contribution in [0.5, 0.6) is 0 Å². The van der Waals surface area contributed by atoms with Crippen molar-refractivity contribution in [1.29, 1.82) is 0 Å². The highest BCUT2D eigenvalue weighted by Crippen LogP contribution is 2.36. The Labute approximate surface area is 133 Å². The molecule has 0 saturated carbocycles. The Hall–Kier alpha value is -2.61. The number of hydrogen-bond donors (Lipinski definition) is 0. The average Bonchev–Trinajstić information content (AvgIpc) is 2.92. The van der Waals surface area contributed by atoms with Crippen LogP contribution in [0.15, 0.2) is 59.1 Å². The lowest BCUT2D eigenvalue weighted by atomic mass is 10.0. The van der Waals surface area contributed by atoms with Gasteiger partial charge in [-0.05, 0) is 37.0 Å². The fourth-order valence-electron chi connectivity index (χ4n) is 3.04. The zero-order chi connectivity index (χ0) is 17.8. The largest absolute Gasteiger partial charge is 0.455 e. The van der Waals surface area contributed by atoms with Gasteiger partial charge in [0.25, 0.3) is 0 Å². The molecule has 4 aromatic rings. The Morgan fingerprint density at radius 1 is 1.05 bits per heavy atom. The summed E-state index contributed by atoms with van der Waals surface area (Å²) in [5.74, 6) is 0. The normalized spacial score (nSPS) is 14.0. The van der Waals surface area contributed by atoms with E-state index in [2.05, 4.69) is 23.6 Å². The van der Waals surface area contributed by atoms with Crippen molar-refractivity contribution in [3.05, 3.63) is 65.9 Å². The molecule has 2 heterocycles. The van der Waals surface area contributed by atoms with E-state index in [9.17, 15) is 0 Å². The summed E-state index contributed by atoms with van der Waals surface area (Å²) in [5, 5.41) is 1.93. The Morgan fingerprint density at radius 2 is 1.91 bits per heavy atom. The van der Waals surface area contributed by atoms with Crippen LogP contribution in [0.4, 0.5) is 0 Å². The van der Waals surface area contributed by atoms with Crippen molar-refractivity contribution in [2.24, 2.45) is 7.05 Å². The summed E-state index contributed by atoms with van der Waals surface area (Å²) in [4.78, 5) is 0. The molecule has 2 nitrogen and oxygen atoms in total.